The van der Waals surface area contributed by atoms with Gasteiger partial charge in [-0.15, -0.1) is 0 Å². The van der Waals surface area contributed by atoms with Crippen molar-refractivity contribution in [3.8, 4) is 11.5 Å². The number of nitrogens with zero attached hydrogens (tertiary/aromatic N) is 1. The van der Waals surface area contributed by atoms with Crippen LogP contribution in [0.3, 0.4) is 0 Å². The quantitative estimate of drug-likeness (QED) is 0.798. The lowest BCUT2D eigenvalue weighted by Crippen LogP contribution is -2.36. The zero-order chi connectivity index (χ0) is 15.1. The Labute approximate surface area is 117 Å². The van der Waals surface area contributed by atoms with E-state index in [4.69, 9.17) is 9.47 Å². The van der Waals surface area contributed by atoms with Crippen molar-refractivity contribution in [2.45, 2.75) is 13.8 Å². The molecule has 0 aliphatic rings. The lowest BCUT2D eigenvalue weighted by molar-refractivity contribution is -0.143. The van der Waals surface area contributed by atoms with Gasteiger partial charge in [-0.1, -0.05) is 0 Å². The third-order valence-corrected chi connectivity index (χ3v) is 2.73. The van der Waals surface area contributed by atoms with E-state index < -0.39 is 11.9 Å². The summed E-state index contributed by atoms with van der Waals surface area (Å²) in [5.74, 6) is -0.638. The van der Waals surface area contributed by atoms with Crippen LogP contribution in [0, 0.1) is 0 Å². The van der Waals surface area contributed by atoms with E-state index in [9.17, 15) is 14.7 Å². The van der Waals surface area contributed by atoms with Gasteiger partial charge in [-0.2, -0.15) is 0 Å². The fourth-order valence-electron chi connectivity index (χ4n) is 1.68. The van der Waals surface area contributed by atoms with Crippen LogP contribution < -0.4 is 4.74 Å². The molecule has 1 rings (SSSR count). The molecular weight excluding hydrogens is 262 g/mol. The van der Waals surface area contributed by atoms with Gasteiger partial charge in [-0.25, -0.2) is 0 Å². The summed E-state index contributed by atoms with van der Waals surface area (Å²) in [5.41, 5.74) is 0.122. The second-order valence-corrected chi connectivity index (χ2v) is 4.01. The molecule has 0 unspecified atom stereocenters. The van der Waals surface area contributed by atoms with Crippen LogP contribution >= 0.6 is 0 Å². The molecule has 0 saturated carbocycles. The van der Waals surface area contributed by atoms with Crippen LogP contribution in [0.4, 0.5) is 0 Å². The zero-order valence-corrected chi connectivity index (χ0v) is 11.9. The highest BCUT2D eigenvalue weighted by atomic mass is 16.5. The number of hydrogen-bond donors (Lipinski definition) is 1. The van der Waals surface area contributed by atoms with Crippen molar-refractivity contribution in [1.29, 1.82) is 0 Å². The summed E-state index contributed by atoms with van der Waals surface area (Å²) in [6.45, 7) is 3.90. The molecule has 1 aromatic carbocycles. The third kappa shape index (κ3) is 3.88. The number of phenolic OH excluding ortho intramolecular Hbond substituents is 1. The molecule has 0 aliphatic carbocycles. The molecule has 6 heteroatoms. The normalized spacial score (nSPS) is 9.95. The van der Waals surface area contributed by atoms with Gasteiger partial charge in [0.15, 0.2) is 0 Å². The molecule has 0 saturated heterocycles. The molecule has 1 N–H and O–H groups in total. The maximum absolute atomic E-state index is 12.3. The van der Waals surface area contributed by atoms with Crippen molar-refractivity contribution in [3.05, 3.63) is 23.8 Å². The standard InChI is InChI=1S/C14H19NO5/c1-4-15(9-13(17)20-5-2)14(18)11-7-6-10(19-3)8-12(11)16/h6-8,16H,4-5,9H2,1-3H3. The number of likely N-dealkylation sites (N-methyl/N-ethyl adjacent to an activating group) is 1. The number of aromatic hydroxyl groups is 1. The van der Waals surface area contributed by atoms with Gasteiger partial charge in [0.05, 0.1) is 19.3 Å². The lowest BCUT2D eigenvalue weighted by atomic mass is 10.1. The Hall–Kier alpha value is -2.24. The molecule has 0 aliphatic heterocycles. The summed E-state index contributed by atoms with van der Waals surface area (Å²) >= 11 is 0. The minimum absolute atomic E-state index is 0.122. The summed E-state index contributed by atoms with van der Waals surface area (Å²) in [6.07, 6.45) is 0. The Balaban J connectivity index is 2.88. The number of carbonyl (C=O) groups is 2. The first-order valence-corrected chi connectivity index (χ1v) is 6.35. The number of benzene rings is 1. The molecule has 0 fully saturated rings. The zero-order valence-electron chi connectivity index (χ0n) is 11.9. The highest BCUT2D eigenvalue weighted by molar-refractivity contribution is 5.98. The van der Waals surface area contributed by atoms with Gasteiger partial charge in [0.2, 0.25) is 0 Å². The highest BCUT2D eigenvalue weighted by Gasteiger charge is 2.20. The minimum Gasteiger partial charge on any atom is -0.507 e. The van der Waals surface area contributed by atoms with Crippen LogP contribution in [-0.2, 0) is 9.53 Å². The van der Waals surface area contributed by atoms with Crippen LogP contribution in [0.5, 0.6) is 11.5 Å². The summed E-state index contributed by atoms with van der Waals surface area (Å²) in [4.78, 5) is 25.0. The monoisotopic (exact) mass is 281 g/mol. The number of esters is 1. The molecule has 0 spiro atoms. The van der Waals surface area contributed by atoms with Crippen molar-refractivity contribution in [1.82, 2.24) is 4.90 Å². The largest absolute Gasteiger partial charge is 0.507 e. The number of phenols is 1. The Morgan fingerprint density at radius 2 is 2.00 bits per heavy atom. The molecule has 0 aromatic heterocycles. The van der Waals surface area contributed by atoms with Crippen LogP contribution in [0.15, 0.2) is 18.2 Å². The molecule has 0 radical (unpaired) electrons. The summed E-state index contributed by atoms with van der Waals surface area (Å²) in [5, 5.41) is 9.83. The second kappa shape index (κ2) is 7.37. The Morgan fingerprint density at radius 1 is 1.30 bits per heavy atom. The summed E-state index contributed by atoms with van der Waals surface area (Å²) in [6, 6.07) is 4.39. The van der Waals surface area contributed by atoms with E-state index in [1.54, 1.807) is 19.9 Å². The molecular formula is C14H19NO5. The fourth-order valence-corrected chi connectivity index (χ4v) is 1.68. The predicted octanol–water partition coefficient (Wildman–Crippen LogP) is 1.43. The topological polar surface area (TPSA) is 76.1 Å². The molecule has 6 nitrogen and oxygen atoms in total. The molecule has 0 atom stereocenters. The average Bonchev–Trinajstić information content (AvgIpc) is 2.44. The molecule has 110 valence electrons. The number of methoxy groups -OCH3 is 1. The first kappa shape index (κ1) is 15.8. The van der Waals surface area contributed by atoms with Crippen molar-refractivity contribution >= 4 is 11.9 Å². The molecule has 1 aromatic rings. The van der Waals surface area contributed by atoms with Gasteiger partial charge in [-0.05, 0) is 26.0 Å². The average molecular weight is 281 g/mol. The van der Waals surface area contributed by atoms with Gasteiger partial charge < -0.3 is 19.5 Å². The van der Waals surface area contributed by atoms with Gasteiger partial charge in [0.25, 0.3) is 5.91 Å². The first-order chi connectivity index (χ1) is 9.53. The first-order valence-electron chi connectivity index (χ1n) is 6.35. The van der Waals surface area contributed by atoms with E-state index in [1.807, 2.05) is 0 Å². The maximum Gasteiger partial charge on any atom is 0.325 e. The summed E-state index contributed by atoms with van der Waals surface area (Å²) in [7, 11) is 1.47. The van der Waals surface area contributed by atoms with Crippen molar-refractivity contribution in [2.24, 2.45) is 0 Å². The molecule has 0 heterocycles. The van der Waals surface area contributed by atoms with Crippen LogP contribution in [0.2, 0.25) is 0 Å². The van der Waals surface area contributed by atoms with Gasteiger partial charge in [0, 0.05) is 12.6 Å². The Morgan fingerprint density at radius 3 is 2.50 bits per heavy atom. The van der Waals surface area contributed by atoms with E-state index in [-0.39, 0.29) is 24.5 Å². The second-order valence-electron chi connectivity index (χ2n) is 4.01. The van der Waals surface area contributed by atoms with Crippen molar-refractivity contribution in [3.63, 3.8) is 0 Å². The van der Waals surface area contributed by atoms with E-state index in [2.05, 4.69) is 0 Å². The van der Waals surface area contributed by atoms with Crippen molar-refractivity contribution < 1.29 is 24.2 Å². The van der Waals surface area contributed by atoms with E-state index in [0.717, 1.165) is 0 Å². The number of hydrogen-bond acceptors (Lipinski definition) is 5. The number of amides is 1. The lowest BCUT2D eigenvalue weighted by Gasteiger charge is -2.20. The molecule has 20 heavy (non-hydrogen) atoms. The minimum atomic E-state index is -0.476. The SMILES string of the molecule is CCOC(=O)CN(CC)C(=O)c1ccc(OC)cc1O. The van der Waals surface area contributed by atoms with E-state index in [1.165, 1.54) is 24.1 Å². The maximum atomic E-state index is 12.3. The summed E-state index contributed by atoms with van der Waals surface area (Å²) < 4.78 is 9.77. The Kier molecular flexibility index (Phi) is 5.83. The van der Waals surface area contributed by atoms with Gasteiger partial charge in [-0.3, -0.25) is 9.59 Å². The number of ether oxygens (including phenoxy) is 2. The number of carbonyl (C=O) groups excluding carboxylic acids is 2. The Bertz CT molecular complexity index is 486. The molecule has 1 amide bonds. The van der Waals surface area contributed by atoms with Crippen molar-refractivity contribution in [2.75, 3.05) is 26.8 Å². The highest BCUT2D eigenvalue weighted by Crippen LogP contribution is 2.24. The third-order valence-electron chi connectivity index (χ3n) is 2.73. The van der Waals surface area contributed by atoms with E-state index >= 15 is 0 Å². The fraction of sp³-hybridized carbons (Fsp3) is 0.429. The molecule has 0 bridgehead atoms. The van der Waals surface area contributed by atoms with E-state index in [0.29, 0.717) is 12.3 Å². The number of rotatable bonds is 6. The van der Waals surface area contributed by atoms with Crippen LogP contribution in [-0.4, -0.2) is 48.7 Å². The predicted molar refractivity (Wildman–Crippen MR) is 72.9 cm³/mol. The van der Waals surface area contributed by atoms with Gasteiger partial charge >= 0.3 is 5.97 Å². The van der Waals surface area contributed by atoms with Gasteiger partial charge in [0.1, 0.15) is 18.0 Å². The van der Waals surface area contributed by atoms with Crippen LogP contribution in [0.1, 0.15) is 24.2 Å². The smallest absolute Gasteiger partial charge is 0.325 e. The van der Waals surface area contributed by atoms with Crippen LogP contribution in [0.25, 0.3) is 0 Å².